The zero-order valence-corrected chi connectivity index (χ0v) is 17.4. The van der Waals surface area contributed by atoms with Crippen molar-refractivity contribution >= 4 is 29.9 Å². The minimum atomic E-state index is -0.120. The van der Waals surface area contributed by atoms with Gasteiger partial charge in [-0.1, -0.05) is 0 Å². The molecule has 6 nitrogen and oxygen atoms in total. The molecule has 2 aliphatic heterocycles. The van der Waals surface area contributed by atoms with Crippen LogP contribution in [-0.4, -0.2) is 75.5 Å². The van der Waals surface area contributed by atoms with E-state index in [4.69, 9.17) is 9.47 Å². The fourth-order valence-corrected chi connectivity index (χ4v) is 3.68. The zero-order valence-electron chi connectivity index (χ0n) is 15.1. The standard InChI is InChI=1S/C17H32N4O2.HI/c1-18-16(19-13-17(22-2)7-11-23-12-8-17)20-14-5-9-21(10-6-14)15-3-4-15;/h14-15H,3-13H2,1-2H3,(H2,18,19,20);1H. The summed E-state index contributed by atoms with van der Waals surface area (Å²) in [5.74, 6) is 0.901. The molecule has 1 aliphatic carbocycles. The molecule has 2 N–H and O–H groups in total. The van der Waals surface area contributed by atoms with Crippen molar-refractivity contribution in [1.29, 1.82) is 0 Å². The zero-order chi connectivity index (χ0) is 16.1. The second-order valence-electron chi connectivity index (χ2n) is 7.11. The van der Waals surface area contributed by atoms with Crippen molar-refractivity contribution in [3.63, 3.8) is 0 Å². The van der Waals surface area contributed by atoms with E-state index in [0.717, 1.165) is 44.6 Å². The first-order chi connectivity index (χ1) is 11.2. The second kappa shape index (κ2) is 9.54. The van der Waals surface area contributed by atoms with Crippen LogP contribution in [-0.2, 0) is 9.47 Å². The van der Waals surface area contributed by atoms with Crippen LogP contribution >= 0.6 is 24.0 Å². The third kappa shape index (κ3) is 5.44. The molecule has 0 unspecified atom stereocenters. The number of halogens is 1. The van der Waals surface area contributed by atoms with Gasteiger partial charge in [-0.15, -0.1) is 24.0 Å². The van der Waals surface area contributed by atoms with Crippen molar-refractivity contribution < 1.29 is 9.47 Å². The van der Waals surface area contributed by atoms with Crippen molar-refractivity contribution in [2.75, 3.05) is 47.0 Å². The van der Waals surface area contributed by atoms with E-state index >= 15 is 0 Å². The maximum Gasteiger partial charge on any atom is 0.191 e. The van der Waals surface area contributed by atoms with Gasteiger partial charge in [-0.25, -0.2) is 0 Å². The molecular formula is C17H33IN4O2. The maximum atomic E-state index is 5.78. The van der Waals surface area contributed by atoms with Crippen molar-refractivity contribution in [3.05, 3.63) is 0 Å². The molecule has 3 aliphatic rings. The Kier molecular flexibility index (Phi) is 8.03. The fraction of sp³-hybridized carbons (Fsp3) is 0.941. The topological polar surface area (TPSA) is 58.1 Å². The Morgan fingerprint density at radius 2 is 1.88 bits per heavy atom. The van der Waals surface area contributed by atoms with Gasteiger partial charge in [-0.2, -0.15) is 0 Å². The summed E-state index contributed by atoms with van der Waals surface area (Å²) in [6.07, 6.45) is 7.11. The average molecular weight is 452 g/mol. The lowest BCUT2D eigenvalue weighted by atomic mass is 9.94. The lowest BCUT2D eigenvalue weighted by Crippen LogP contribution is -2.53. The normalized spacial score (nSPS) is 25.8. The first kappa shape index (κ1) is 20.2. The highest BCUT2D eigenvalue weighted by molar-refractivity contribution is 14.0. The van der Waals surface area contributed by atoms with E-state index in [9.17, 15) is 0 Å². The maximum absolute atomic E-state index is 5.78. The van der Waals surface area contributed by atoms with Crippen molar-refractivity contribution in [2.45, 2.75) is 56.2 Å². The SMILES string of the molecule is CN=C(NCC1(OC)CCOCC1)NC1CCN(C2CC2)CC1.I. The van der Waals surface area contributed by atoms with Gasteiger partial charge in [-0.05, 0) is 25.7 Å². The molecule has 7 heteroatoms. The number of rotatable bonds is 5. The van der Waals surface area contributed by atoms with Crippen molar-refractivity contribution in [3.8, 4) is 0 Å². The lowest BCUT2D eigenvalue weighted by Gasteiger charge is -2.37. The number of guanidine groups is 1. The van der Waals surface area contributed by atoms with E-state index in [-0.39, 0.29) is 29.6 Å². The number of likely N-dealkylation sites (tertiary alicyclic amines) is 1. The Labute approximate surface area is 163 Å². The van der Waals surface area contributed by atoms with Crippen molar-refractivity contribution in [1.82, 2.24) is 15.5 Å². The van der Waals surface area contributed by atoms with E-state index in [1.807, 2.05) is 7.05 Å². The number of methoxy groups -OCH3 is 1. The molecule has 3 fully saturated rings. The molecule has 0 bridgehead atoms. The Morgan fingerprint density at radius 3 is 2.42 bits per heavy atom. The van der Waals surface area contributed by atoms with Crippen LogP contribution in [0, 0.1) is 0 Å². The van der Waals surface area contributed by atoms with Crippen LogP contribution in [0.5, 0.6) is 0 Å². The minimum Gasteiger partial charge on any atom is -0.381 e. The highest BCUT2D eigenvalue weighted by Crippen LogP contribution is 2.29. The van der Waals surface area contributed by atoms with Crippen LogP contribution in [0.3, 0.4) is 0 Å². The average Bonchev–Trinajstić information content (AvgIpc) is 3.45. The quantitative estimate of drug-likeness (QED) is 0.377. The Bertz CT molecular complexity index is 403. The summed E-state index contributed by atoms with van der Waals surface area (Å²) in [6.45, 7) is 4.78. The number of hydrogen-bond donors (Lipinski definition) is 2. The van der Waals surface area contributed by atoms with Crippen LogP contribution in [0.15, 0.2) is 4.99 Å². The molecule has 0 spiro atoms. The number of nitrogens with zero attached hydrogens (tertiary/aromatic N) is 2. The van der Waals surface area contributed by atoms with Crippen molar-refractivity contribution in [2.24, 2.45) is 4.99 Å². The highest BCUT2D eigenvalue weighted by Gasteiger charge is 2.34. The predicted molar refractivity (Wildman–Crippen MR) is 107 cm³/mol. The molecule has 140 valence electrons. The molecule has 24 heavy (non-hydrogen) atoms. The first-order valence-corrected chi connectivity index (χ1v) is 9.09. The molecule has 2 heterocycles. The van der Waals surface area contributed by atoms with E-state index in [0.29, 0.717) is 6.04 Å². The lowest BCUT2D eigenvalue weighted by molar-refractivity contribution is -0.0855. The number of aliphatic imine (C=N–C) groups is 1. The number of piperidine rings is 1. The van der Waals surface area contributed by atoms with Crippen LogP contribution in [0.25, 0.3) is 0 Å². The highest BCUT2D eigenvalue weighted by atomic mass is 127. The summed E-state index contributed by atoms with van der Waals surface area (Å²) >= 11 is 0. The van der Waals surface area contributed by atoms with E-state index < -0.39 is 0 Å². The molecule has 0 amide bonds. The Morgan fingerprint density at radius 1 is 1.21 bits per heavy atom. The van der Waals surface area contributed by atoms with Gasteiger partial charge >= 0.3 is 0 Å². The van der Waals surface area contributed by atoms with Gasteiger partial charge in [0.25, 0.3) is 0 Å². The molecule has 0 aromatic carbocycles. The summed E-state index contributed by atoms with van der Waals surface area (Å²) in [5.41, 5.74) is -0.120. The second-order valence-corrected chi connectivity index (χ2v) is 7.11. The van der Waals surface area contributed by atoms with E-state index in [2.05, 4.69) is 20.5 Å². The summed E-state index contributed by atoms with van der Waals surface area (Å²) < 4.78 is 11.2. The smallest absolute Gasteiger partial charge is 0.191 e. The van der Waals surface area contributed by atoms with Gasteiger partial charge in [0.2, 0.25) is 0 Å². The molecule has 0 aromatic rings. The third-order valence-electron chi connectivity index (χ3n) is 5.57. The third-order valence-corrected chi connectivity index (χ3v) is 5.57. The molecule has 0 radical (unpaired) electrons. The minimum absolute atomic E-state index is 0. The van der Waals surface area contributed by atoms with Gasteiger partial charge in [0.15, 0.2) is 5.96 Å². The largest absolute Gasteiger partial charge is 0.381 e. The first-order valence-electron chi connectivity index (χ1n) is 9.09. The molecular weight excluding hydrogens is 419 g/mol. The summed E-state index contributed by atoms with van der Waals surface area (Å²) in [6, 6.07) is 1.42. The summed E-state index contributed by atoms with van der Waals surface area (Å²) in [7, 11) is 3.65. The molecule has 0 aromatic heterocycles. The van der Waals surface area contributed by atoms with Gasteiger partial charge in [0.1, 0.15) is 0 Å². The van der Waals surface area contributed by atoms with Gasteiger partial charge in [0.05, 0.1) is 5.60 Å². The fourth-order valence-electron chi connectivity index (χ4n) is 3.68. The van der Waals surface area contributed by atoms with Crippen LogP contribution in [0.2, 0.25) is 0 Å². The van der Waals surface area contributed by atoms with Crippen LogP contribution < -0.4 is 10.6 Å². The molecule has 3 rings (SSSR count). The van der Waals surface area contributed by atoms with Gasteiger partial charge < -0.3 is 25.0 Å². The van der Waals surface area contributed by atoms with E-state index in [1.54, 1.807) is 7.11 Å². The Hall–Kier alpha value is -0.120. The number of nitrogens with one attached hydrogen (secondary N) is 2. The Balaban J connectivity index is 0.00000208. The van der Waals surface area contributed by atoms with Gasteiger partial charge in [0, 0.05) is 71.9 Å². The van der Waals surface area contributed by atoms with Crippen LogP contribution in [0.4, 0.5) is 0 Å². The van der Waals surface area contributed by atoms with Crippen LogP contribution in [0.1, 0.15) is 38.5 Å². The summed E-state index contributed by atoms with van der Waals surface area (Å²) in [5, 5.41) is 7.06. The van der Waals surface area contributed by atoms with Gasteiger partial charge in [-0.3, -0.25) is 4.99 Å². The monoisotopic (exact) mass is 452 g/mol. The number of hydrogen-bond acceptors (Lipinski definition) is 4. The molecule has 1 saturated carbocycles. The molecule has 0 atom stereocenters. The number of ether oxygens (including phenoxy) is 2. The van der Waals surface area contributed by atoms with E-state index in [1.165, 1.54) is 38.8 Å². The summed E-state index contributed by atoms with van der Waals surface area (Å²) in [4.78, 5) is 7.04. The predicted octanol–water partition coefficient (Wildman–Crippen LogP) is 1.59. The molecule has 2 saturated heterocycles.